The molecule has 0 radical (unpaired) electrons. The van der Waals surface area contributed by atoms with Crippen LogP contribution in [0.3, 0.4) is 0 Å². The van der Waals surface area contributed by atoms with E-state index >= 15 is 0 Å². The molecule has 3 nitrogen and oxygen atoms in total. The van der Waals surface area contributed by atoms with Gasteiger partial charge in [-0.3, -0.25) is 0 Å². The van der Waals surface area contributed by atoms with Gasteiger partial charge in [0, 0.05) is 22.2 Å². The molecular formula is C20H25Cl4NO2. The Labute approximate surface area is 182 Å². The first kappa shape index (κ1) is 24.2. The molecule has 0 unspecified atom stereocenters. The molecule has 0 fully saturated rings. The molecule has 0 amide bonds. The normalized spacial score (nSPS) is 10.6. The number of rotatable bonds is 9. The van der Waals surface area contributed by atoms with E-state index in [1.165, 1.54) is 0 Å². The molecule has 0 atom stereocenters. The van der Waals surface area contributed by atoms with Gasteiger partial charge >= 0.3 is 0 Å². The number of ether oxygens (including phenoxy) is 2. The van der Waals surface area contributed by atoms with E-state index in [1.54, 1.807) is 12.1 Å². The Bertz CT molecular complexity index is 738. The van der Waals surface area contributed by atoms with Crippen LogP contribution in [0.15, 0.2) is 30.3 Å². The summed E-state index contributed by atoms with van der Waals surface area (Å²) in [6, 6.07) is 9.16. The van der Waals surface area contributed by atoms with Crippen molar-refractivity contribution < 1.29 is 9.47 Å². The van der Waals surface area contributed by atoms with Crippen LogP contribution < -0.4 is 14.8 Å². The molecule has 27 heavy (non-hydrogen) atoms. The molecule has 0 aliphatic carbocycles. The minimum absolute atomic E-state index is 0. The molecule has 0 bridgehead atoms. The summed E-state index contributed by atoms with van der Waals surface area (Å²) < 4.78 is 11.7. The molecule has 1 N–H and O–H groups in total. The van der Waals surface area contributed by atoms with Crippen LogP contribution in [0.4, 0.5) is 0 Å². The third kappa shape index (κ3) is 7.59. The molecule has 7 heteroatoms. The summed E-state index contributed by atoms with van der Waals surface area (Å²) in [6.45, 7) is 8.74. The summed E-state index contributed by atoms with van der Waals surface area (Å²) in [4.78, 5) is 0. The van der Waals surface area contributed by atoms with Crippen molar-refractivity contribution in [2.45, 2.75) is 33.9 Å². The van der Waals surface area contributed by atoms with Gasteiger partial charge in [-0.15, -0.1) is 12.4 Å². The number of halogens is 4. The summed E-state index contributed by atoms with van der Waals surface area (Å²) in [5.41, 5.74) is 1.88. The van der Waals surface area contributed by atoms with Gasteiger partial charge in [-0.25, -0.2) is 0 Å². The summed E-state index contributed by atoms with van der Waals surface area (Å²) >= 11 is 18.6. The van der Waals surface area contributed by atoms with Gasteiger partial charge < -0.3 is 14.8 Å². The van der Waals surface area contributed by atoms with Crippen LogP contribution in [0.5, 0.6) is 11.5 Å². The maximum atomic E-state index is 6.46. The fraction of sp³-hybridized carbons (Fsp3) is 0.400. The zero-order chi connectivity index (χ0) is 19.1. The van der Waals surface area contributed by atoms with Crippen molar-refractivity contribution in [3.8, 4) is 11.5 Å². The highest BCUT2D eigenvalue weighted by atomic mass is 35.5. The molecule has 0 aromatic heterocycles. The van der Waals surface area contributed by atoms with E-state index in [0.29, 0.717) is 39.1 Å². The van der Waals surface area contributed by atoms with Crippen molar-refractivity contribution in [1.29, 1.82) is 0 Å². The molecule has 0 saturated carbocycles. The van der Waals surface area contributed by atoms with Crippen LogP contribution in [0.1, 0.15) is 31.9 Å². The zero-order valence-electron chi connectivity index (χ0n) is 15.7. The van der Waals surface area contributed by atoms with Crippen LogP contribution in [0.25, 0.3) is 0 Å². The van der Waals surface area contributed by atoms with Crippen LogP contribution in [-0.4, -0.2) is 13.2 Å². The quantitative estimate of drug-likeness (QED) is 0.454. The predicted octanol–water partition coefficient (Wildman–Crippen LogP) is 6.79. The third-order valence-corrected chi connectivity index (χ3v) is 4.51. The van der Waals surface area contributed by atoms with E-state index in [1.807, 2.05) is 25.1 Å². The molecule has 0 saturated heterocycles. The largest absolute Gasteiger partial charge is 0.490 e. The first-order chi connectivity index (χ1) is 12.4. The SMILES string of the molecule is CCOc1cc(CNCC(C)C)cc(Cl)c1OCc1ccc(Cl)cc1Cl.Cl. The first-order valence-electron chi connectivity index (χ1n) is 8.63. The first-order valence-corrected chi connectivity index (χ1v) is 9.76. The van der Waals surface area contributed by atoms with Gasteiger partial charge in [0.15, 0.2) is 11.5 Å². The van der Waals surface area contributed by atoms with Gasteiger partial charge in [-0.05, 0) is 49.2 Å². The average Bonchev–Trinajstić information content (AvgIpc) is 2.55. The summed E-state index contributed by atoms with van der Waals surface area (Å²) in [5, 5.41) is 5.06. The smallest absolute Gasteiger partial charge is 0.180 e. The predicted molar refractivity (Wildman–Crippen MR) is 117 cm³/mol. The van der Waals surface area contributed by atoms with E-state index in [0.717, 1.165) is 24.2 Å². The van der Waals surface area contributed by atoms with Crippen LogP contribution in [0, 0.1) is 5.92 Å². The lowest BCUT2D eigenvalue weighted by atomic mass is 10.1. The highest BCUT2D eigenvalue weighted by molar-refractivity contribution is 6.35. The standard InChI is InChI=1S/C20H24Cl3NO2.ClH/c1-4-25-19-8-14(11-24-10-13(2)3)7-18(23)20(19)26-12-15-5-6-16(21)9-17(15)22;/h5-9,13,24H,4,10-12H2,1-3H3;1H. The number of hydrogen-bond donors (Lipinski definition) is 1. The highest BCUT2D eigenvalue weighted by Gasteiger charge is 2.14. The molecule has 0 aliphatic rings. The maximum Gasteiger partial charge on any atom is 0.180 e. The topological polar surface area (TPSA) is 30.5 Å². The number of benzene rings is 2. The third-order valence-electron chi connectivity index (χ3n) is 3.64. The molecule has 150 valence electrons. The monoisotopic (exact) mass is 451 g/mol. The zero-order valence-corrected chi connectivity index (χ0v) is 18.7. The fourth-order valence-corrected chi connectivity index (χ4v) is 3.17. The van der Waals surface area contributed by atoms with E-state index in [9.17, 15) is 0 Å². The van der Waals surface area contributed by atoms with Crippen LogP contribution in [-0.2, 0) is 13.2 Å². The van der Waals surface area contributed by atoms with Gasteiger partial charge in [0.05, 0.1) is 11.6 Å². The van der Waals surface area contributed by atoms with Gasteiger partial charge in [0.25, 0.3) is 0 Å². The molecule has 2 aromatic carbocycles. The molecule has 0 spiro atoms. The van der Waals surface area contributed by atoms with Gasteiger partial charge in [0.1, 0.15) is 6.61 Å². The number of nitrogens with one attached hydrogen (secondary N) is 1. The van der Waals surface area contributed by atoms with Gasteiger partial charge in [0.2, 0.25) is 0 Å². The van der Waals surface area contributed by atoms with Crippen molar-refractivity contribution >= 4 is 47.2 Å². The number of hydrogen-bond acceptors (Lipinski definition) is 3. The summed E-state index contributed by atoms with van der Waals surface area (Å²) in [7, 11) is 0. The average molecular weight is 453 g/mol. The fourth-order valence-electron chi connectivity index (χ4n) is 2.42. The Morgan fingerprint density at radius 3 is 2.37 bits per heavy atom. The molecule has 2 aromatic rings. The molecule has 0 heterocycles. The lowest BCUT2D eigenvalue weighted by Crippen LogP contribution is -2.19. The molecule has 2 rings (SSSR count). The lowest BCUT2D eigenvalue weighted by molar-refractivity contribution is 0.269. The van der Waals surface area contributed by atoms with Crippen LogP contribution >= 0.6 is 47.2 Å². The van der Waals surface area contributed by atoms with E-state index in [4.69, 9.17) is 44.3 Å². The lowest BCUT2D eigenvalue weighted by Gasteiger charge is -2.16. The summed E-state index contributed by atoms with van der Waals surface area (Å²) in [6.07, 6.45) is 0. The highest BCUT2D eigenvalue weighted by Crippen LogP contribution is 2.37. The molecule has 0 aliphatic heterocycles. The Morgan fingerprint density at radius 2 is 1.74 bits per heavy atom. The van der Waals surface area contributed by atoms with Gasteiger partial charge in [-0.1, -0.05) is 54.7 Å². The minimum Gasteiger partial charge on any atom is -0.490 e. The molecular weight excluding hydrogens is 428 g/mol. The Hall–Kier alpha value is -0.840. The van der Waals surface area contributed by atoms with E-state index in [-0.39, 0.29) is 19.0 Å². The van der Waals surface area contributed by atoms with Crippen molar-refractivity contribution in [3.05, 3.63) is 56.5 Å². The van der Waals surface area contributed by atoms with Gasteiger partial charge in [-0.2, -0.15) is 0 Å². The Morgan fingerprint density at radius 1 is 1.00 bits per heavy atom. The van der Waals surface area contributed by atoms with Crippen molar-refractivity contribution in [1.82, 2.24) is 5.32 Å². The van der Waals surface area contributed by atoms with Crippen LogP contribution in [0.2, 0.25) is 15.1 Å². The second-order valence-electron chi connectivity index (χ2n) is 6.39. The second kappa shape index (κ2) is 11.9. The summed E-state index contributed by atoms with van der Waals surface area (Å²) in [5.74, 6) is 1.74. The minimum atomic E-state index is 0. The van der Waals surface area contributed by atoms with E-state index in [2.05, 4.69) is 19.2 Å². The second-order valence-corrected chi connectivity index (χ2v) is 7.64. The van der Waals surface area contributed by atoms with E-state index < -0.39 is 0 Å². The van der Waals surface area contributed by atoms with Crippen molar-refractivity contribution in [2.75, 3.05) is 13.2 Å². The Kier molecular flexibility index (Phi) is 10.6. The maximum absolute atomic E-state index is 6.46. The van der Waals surface area contributed by atoms with Crippen molar-refractivity contribution in [3.63, 3.8) is 0 Å². The van der Waals surface area contributed by atoms with Crippen molar-refractivity contribution in [2.24, 2.45) is 5.92 Å². The Balaban J connectivity index is 0.00000364.